The van der Waals surface area contributed by atoms with Crippen LogP contribution in [0.1, 0.15) is 10.4 Å². The third kappa shape index (κ3) is 5.59. The van der Waals surface area contributed by atoms with Gasteiger partial charge in [-0.1, -0.05) is 0 Å². The zero-order valence-electron chi connectivity index (χ0n) is 10.4. The number of carbonyl (C=O) groups excluding carboxylic acids is 1. The van der Waals surface area contributed by atoms with Gasteiger partial charge in [0.25, 0.3) is 12.3 Å². The number of halogens is 2. The van der Waals surface area contributed by atoms with Gasteiger partial charge in [-0.15, -0.1) is 0 Å². The van der Waals surface area contributed by atoms with E-state index in [1.54, 1.807) is 0 Å². The number of rotatable bonds is 7. The summed E-state index contributed by atoms with van der Waals surface area (Å²) in [4.78, 5) is 11.5. The van der Waals surface area contributed by atoms with E-state index in [0.717, 1.165) is 0 Å². The van der Waals surface area contributed by atoms with E-state index in [9.17, 15) is 22.0 Å². The maximum Gasteiger partial charge on any atom is 0.261 e. The highest BCUT2D eigenvalue weighted by molar-refractivity contribution is 7.89. The second-order valence-electron chi connectivity index (χ2n) is 3.79. The van der Waals surface area contributed by atoms with E-state index in [2.05, 4.69) is 10.1 Å². The third-order valence-electron chi connectivity index (χ3n) is 2.22. The molecule has 0 heterocycles. The third-order valence-corrected chi connectivity index (χ3v) is 3.15. The fourth-order valence-electron chi connectivity index (χ4n) is 1.31. The molecule has 0 aliphatic heterocycles. The molecule has 0 aromatic heterocycles. The molecule has 0 saturated heterocycles. The van der Waals surface area contributed by atoms with E-state index in [0.29, 0.717) is 0 Å². The first-order valence-electron chi connectivity index (χ1n) is 5.57. The summed E-state index contributed by atoms with van der Waals surface area (Å²) in [6, 6.07) is 5.01. The topological polar surface area (TPSA) is 98.5 Å². The Bertz CT molecular complexity index is 546. The van der Waals surface area contributed by atoms with Gasteiger partial charge in [0.1, 0.15) is 6.61 Å². The highest BCUT2D eigenvalue weighted by Gasteiger charge is 2.10. The Hall–Kier alpha value is -1.58. The monoisotopic (exact) mass is 308 g/mol. The Kier molecular flexibility index (Phi) is 5.99. The Balaban J connectivity index is 2.44. The second-order valence-corrected chi connectivity index (χ2v) is 5.35. The van der Waals surface area contributed by atoms with Gasteiger partial charge in [0.15, 0.2) is 0 Å². The summed E-state index contributed by atoms with van der Waals surface area (Å²) in [7, 11) is -3.80. The maximum absolute atomic E-state index is 11.7. The normalized spacial score (nSPS) is 11.6. The van der Waals surface area contributed by atoms with Crippen molar-refractivity contribution in [2.45, 2.75) is 11.3 Å². The summed E-state index contributed by atoms with van der Waals surface area (Å²) in [5, 5.41) is 7.36. The van der Waals surface area contributed by atoms with Crippen LogP contribution in [0.15, 0.2) is 29.2 Å². The molecule has 1 aromatic carbocycles. The average molecular weight is 308 g/mol. The molecule has 1 rings (SSSR count). The first kappa shape index (κ1) is 16.5. The largest absolute Gasteiger partial charge is 0.374 e. The van der Waals surface area contributed by atoms with E-state index in [-0.39, 0.29) is 23.6 Å². The number of ether oxygens (including phenoxy) is 1. The van der Waals surface area contributed by atoms with Gasteiger partial charge in [-0.2, -0.15) is 0 Å². The van der Waals surface area contributed by atoms with Crippen molar-refractivity contribution in [1.29, 1.82) is 0 Å². The first-order chi connectivity index (χ1) is 9.30. The molecule has 1 amide bonds. The minimum Gasteiger partial charge on any atom is -0.374 e. The molecular formula is C11H14F2N2O4S. The van der Waals surface area contributed by atoms with Crippen LogP contribution < -0.4 is 10.5 Å². The molecule has 0 bridgehead atoms. The number of sulfonamides is 1. The Morgan fingerprint density at radius 1 is 1.30 bits per heavy atom. The molecule has 20 heavy (non-hydrogen) atoms. The number of hydrogen-bond donors (Lipinski definition) is 2. The zero-order valence-corrected chi connectivity index (χ0v) is 11.2. The predicted molar refractivity (Wildman–Crippen MR) is 67.0 cm³/mol. The number of nitrogens with one attached hydrogen (secondary N) is 1. The number of benzene rings is 1. The standard InChI is InChI=1S/C11H14F2N2O4S/c12-10(13)7-19-6-5-15-11(16)8-1-3-9(4-2-8)20(14,17)18/h1-4,10H,5-7H2,(H,15,16)(H2,14,17,18). The lowest BCUT2D eigenvalue weighted by Gasteiger charge is -2.06. The Morgan fingerprint density at radius 2 is 1.90 bits per heavy atom. The number of nitrogens with two attached hydrogens (primary N) is 1. The number of alkyl halides is 2. The van der Waals surface area contributed by atoms with Crippen molar-refractivity contribution in [3.05, 3.63) is 29.8 Å². The molecule has 3 N–H and O–H groups in total. The first-order valence-corrected chi connectivity index (χ1v) is 7.12. The van der Waals surface area contributed by atoms with E-state index in [1.165, 1.54) is 24.3 Å². The molecule has 6 nitrogen and oxygen atoms in total. The zero-order chi connectivity index (χ0) is 15.2. The minimum atomic E-state index is -3.80. The van der Waals surface area contributed by atoms with Crippen molar-refractivity contribution < 1.29 is 26.7 Å². The van der Waals surface area contributed by atoms with Crippen LogP contribution in [0.5, 0.6) is 0 Å². The molecule has 0 aliphatic rings. The minimum absolute atomic E-state index is 0.0364. The number of amides is 1. The molecule has 0 spiro atoms. The van der Waals surface area contributed by atoms with Gasteiger partial charge in [0.2, 0.25) is 10.0 Å². The van der Waals surface area contributed by atoms with E-state index >= 15 is 0 Å². The molecule has 0 radical (unpaired) electrons. The summed E-state index contributed by atoms with van der Waals surface area (Å²) in [6.07, 6.45) is -2.54. The molecule has 0 aliphatic carbocycles. The molecule has 1 aromatic rings. The summed E-state index contributed by atoms with van der Waals surface area (Å²) >= 11 is 0. The lowest BCUT2D eigenvalue weighted by molar-refractivity contribution is 0.0188. The van der Waals surface area contributed by atoms with Crippen LogP contribution in [-0.2, 0) is 14.8 Å². The lowest BCUT2D eigenvalue weighted by atomic mass is 10.2. The number of primary sulfonamides is 1. The SMILES string of the molecule is NS(=O)(=O)c1ccc(C(=O)NCCOCC(F)F)cc1. The summed E-state index contributed by atoms with van der Waals surface area (Å²) < 4.78 is 50.1. The van der Waals surface area contributed by atoms with Crippen LogP contribution in [0.2, 0.25) is 0 Å². The van der Waals surface area contributed by atoms with Gasteiger partial charge in [-0.05, 0) is 24.3 Å². The summed E-state index contributed by atoms with van der Waals surface area (Å²) in [5.74, 6) is -0.466. The van der Waals surface area contributed by atoms with Crippen LogP contribution >= 0.6 is 0 Å². The molecule has 0 saturated carbocycles. The van der Waals surface area contributed by atoms with Crippen LogP contribution in [-0.4, -0.2) is 40.5 Å². The predicted octanol–water partition coefficient (Wildman–Crippen LogP) is 0.345. The van der Waals surface area contributed by atoms with Crippen molar-refractivity contribution in [2.75, 3.05) is 19.8 Å². The van der Waals surface area contributed by atoms with Crippen molar-refractivity contribution in [3.63, 3.8) is 0 Å². The van der Waals surface area contributed by atoms with Crippen LogP contribution in [0.4, 0.5) is 8.78 Å². The lowest BCUT2D eigenvalue weighted by Crippen LogP contribution is -2.27. The van der Waals surface area contributed by atoms with E-state index in [1.807, 2.05) is 0 Å². The van der Waals surface area contributed by atoms with Gasteiger partial charge >= 0.3 is 0 Å². The van der Waals surface area contributed by atoms with Gasteiger partial charge in [0.05, 0.1) is 11.5 Å². The van der Waals surface area contributed by atoms with Gasteiger partial charge in [0, 0.05) is 12.1 Å². The van der Waals surface area contributed by atoms with Gasteiger partial charge < -0.3 is 10.1 Å². The van der Waals surface area contributed by atoms with E-state index < -0.39 is 29.0 Å². The van der Waals surface area contributed by atoms with Crippen molar-refractivity contribution in [2.24, 2.45) is 5.14 Å². The van der Waals surface area contributed by atoms with Crippen molar-refractivity contribution >= 4 is 15.9 Å². The quantitative estimate of drug-likeness (QED) is 0.710. The number of hydrogen-bond acceptors (Lipinski definition) is 4. The smallest absolute Gasteiger partial charge is 0.261 e. The number of carbonyl (C=O) groups is 1. The average Bonchev–Trinajstić information content (AvgIpc) is 2.37. The second kappa shape index (κ2) is 7.27. The molecule has 0 fully saturated rings. The maximum atomic E-state index is 11.7. The van der Waals surface area contributed by atoms with Gasteiger partial charge in [-0.25, -0.2) is 22.3 Å². The molecule has 112 valence electrons. The highest BCUT2D eigenvalue weighted by Crippen LogP contribution is 2.08. The molecular weight excluding hydrogens is 294 g/mol. The van der Waals surface area contributed by atoms with Crippen molar-refractivity contribution in [3.8, 4) is 0 Å². The Morgan fingerprint density at radius 3 is 2.40 bits per heavy atom. The molecule has 9 heteroatoms. The van der Waals surface area contributed by atoms with E-state index in [4.69, 9.17) is 5.14 Å². The highest BCUT2D eigenvalue weighted by atomic mass is 32.2. The summed E-state index contributed by atoms with van der Waals surface area (Å²) in [5.41, 5.74) is 0.228. The fourth-order valence-corrected chi connectivity index (χ4v) is 1.82. The van der Waals surface area contributed by atoms with Crippen LogP contribution in [0, 0.1) is 0 Å². The fraction of sp³-hybridized carbons (Fsp3) is 0.364. The van der Waals surface area contributed by atoms with Crippen LogP contribution in [0.3, 0.4) is 0 Å². The molecule has 0 atom stereocenters. The molecule has 0 unspecified atom stereocenters. The van der Waals surface area contributed by atoms with Crippen molar-refractivity contribution in [1.82, 2.24) is 5.32 Å². The van der Waals surface area contributed by atoms with Gasteiger partial charge in [-0.3, -0.25) is 4.79 Å². The van der Waals surface area contributed by atoms with Crippen LogP contribution in [0.25, 0.3) is 0 Å². The summed E-state index contributed by atoms with van der Waals surface area (Å²) in [6.45, 7) is -0.646. The Labute approximate surface area is 115 Å².